The Morgan fingerprint density at radius 1 is 0.951 bits per heavy atom. The molecule has 0 bridgehead atoms. The molecule has 2 heterocycles. The van der Waals surface area contributed by atoms with E-state index < -0.39 is 11.2 Å². The lowest BCUT2D eigenvalue weighted by atomic mass is 9.71. The van der Waals surface area contributed by atoms with Crippen LogP contribution in [-0.2, 0) is 25.4 Å². The zero-order valence-corrected chi connectivity index (χ0v) is 23.7. The van der Waals surface area contributed by atoms with E-state index in [1.54, 1.807) is 20.3 Å². The maximum Gasteiger partial charge on any atom is 0.180 e. The van der Waals surface area contributed by atoms with Gasteiger partial charge >= 0.3 is 0 Å². The first-order chi connectivity index (χ1) is 19.9. The highest BCUT2D eigenvalue weighted by molar-refractivity contribution is 5.61. The Morgan fingerprint density at radius 3 is 2.32 bits per heavy atom. The molecule has 4 N–H and O–H groups in total. The summed E-state index contributed by atoms with van der Waals surface area (Å²) in [6.45, 7) is 1.75. The number of rotatable bonds is 7. The molecule has 0 spiro atoms. The molecule has 0 amide bonds. The highest BCUT2D eigenvalue weighted by Crippen LogP contribution is 2.68. The summed E-state index contributed by atoms with van der Waals surface area (Å²) in [5.74, 6) is 1.56. The molecule has 1 saturated carbocycles. The number of fused-ring (bicyclic) bond motifs is 3. The van der Waals surface area contributed by atoms with Crippen molar-refractivity contribution in [3.8, 4) is 23.0 Å². The third-order valence-corrected chi connectivity index (χ3v) is 8.26. The van der Waals surface area contributed by atoms with Crippen LogP contribution >= 0.6 is 0 Å². The molecule has 9 nitrogen and oxygen atoms in total. The van der Waals surface area contributed by atoms with Gasteiger partial charge in [0, 0.05) is 25.2 Å². The van der Waals surface area contributed by atoms with Gasteiger partial charge in [0.15, 0.2) is 11.9 Å². The monoisotopic (exact) mass is 565 g/mol. The van der Waals surface area contributed by atoms with Gasteiger partial charge in [0.2, 0.25) is 0 Å². The maximum absolute atomic E-state index is 12.2. The number of hydrogen-bond acceptors (Lipinski definition) is 9. The van der Waals surface area contributed by atoms with Crippen LogP contribution in [0.15, 0.2) is 66.7 Å². The summed E-state index contributed by atoms with van der Waals surface area (Å²) in [5, 5.41) is 22.4. The molecule has 220 valence electrons. The zero-order chi connectivity index (χ0) is 29.0. The minimum Gasteiger partial charge on any atom is -0.508 e. The molecule has 1 saturated heterocycles. The van der Waals surface area contributed by atoms with Gasteiger partial charge in [-0.2, -0.15) is 0 Å². The number of aliphatic hydroxyl groups is 1. The van der Waals surface area contributed by atoms with Gasteiger partial charge in [-0.1, -0.05) is 42.5 Å². The molecule has 6 rings (SSSR count). The van der Waals surface area contributed by atoms with Crippen molar-refractivity contribution in [3.05, 3.63) is 83.4 Å². The van der Waals surface area contributed by atoms with Crippen molar-refractivity contribution in [2.45, 2.75) is 48.8 Å². The Kier molecular flexibility index (Phi) is 8.72. The molecule has 3 aliphatic rings. The highest BCUT2D eigenvalue weighted by Gasteiger charge is 2.69. The number of hydrogen-bond donors (Lipinski definition) is 3. The van der Waals surface area contributed by atoms with E-state index in [-0.39, 0.29) is 24.1 Å². The highest BCUT2D eigenvalue weighted by atomic mass is 16.7. The number of ether oxygens (including phenoxy) is 6. The van der Waals surface area contributed by atoms with Crippen LogP contribution in [0, 0.1) is 0 Å². The molecule has 0 aromatic heterocycles. The summed E-state index contributed by atoms with van der Waals surface area (Å²) in [5.41, 5.74) is 5.55. The third-order valence-electron chi connectivity index (χ3n) is 8.26. The van der Waals surface area contributed by atoms with Crippen LogP contribution in [0.2, 0.25) is 0 Å². The number of phenols is 1. The Morgan fingerprint density at radius 2 is 1.71 bits per heavy atom. The standard InChI is InChI=1S/C25H24O5.C7H15NO3/c1-28-19-10-8-17(9-11-19)25-20(16-6-4-3-5-7-16)12-13-24(25,27)23-21(29-2)14-18(26)15-22(23)30-25;1-9-7-5-10-6(2-3-8)4-11-7/h3-11,14-15,20,26-27H,12-13H2,1-2H3;6-7H,2-5,8H2,1H3. The lowest BCUT2D eigenvalue weighted by Gasteiger charge is -2.40. The van der Waals surface area contributed by atoms with Gasteiger partial charge in [0.1, 0.15) is 28.6 Å². The molecular weight excluding hydrogens is 526 g/mol. The average Bonchev–Trinajstić information content (AvgIpc) is 3.44. The van der Waals surface area contributed by atoms with Crippen molar-refractivity contribution in [1.82, 2.24) is 0 Å². The van der Waals surface area contributed by atoms with Crippen LogP contribution < -0.4 is 19.9 Å². The van der Waals surface area contributed by atoms with Crippen LogP contribution in [0.25, 0.3) is 0 Å². The number of phenolic OH excluding ortho intramolecular Hbond substituents is 1. The van der Waals surface area contributed by atoms with Crippen LogP contribution in [0.1, 0.15) is 41.9 Å². The second-order valence-corrected chi connectivity index (χ2v) is 10.5. The van der Waals surface area contributed by atoms with Crippen LogP contribution in [0.4, 0.5) is 0 Å². The summed E-state index contributed by atoms with van der Waals surface area (Å²) in [6.07, 6.45) is 2.08. The first-order valence-corrected chi connectivity index (χ1v) is 13.9. The predicted octanol–water partition coefficient (Wildman–Crippen LogP) is 4.19. The van der Waals surface area contributed by atoms with E-state index in [1.165, 1.54) is 13.2 Å². The lowest BCUT2D eigenvalue weighted by Crippen LogP contribution is -2.48. The minimum atomic E-state index is -1.31. The van der Waals surface area contributed by atoms with Gasteiger partial charge in [-0.3, -0.25) is 0 Å². The summed E-state index contributed by atoms with van der Waals surface area (Å²) < 4.78 is 33.1. The summed E-state index contributed by atoms with van der Waals surface area (Å²) >= 11 is 0. The quantitative estimate of drug-likeness (QED) is 0.387. The summed E-state index contributed by atoms with van der Waals surface area (Å²) in [6, 6.07) is 20.9. The van der Waals surface area contributed by atoms with Gasteiger partial charge in [-0.15, -0.1) is 0 Å². The second-order valence-electron chi connectivity index (χ2n) is 10.5. The van der Waals surface area contributed by atoms with Crippen LogP contribution in [0.3, 0.4) is 0 Å². The lowest BCUT2D eigenvalue weighted by molar-refractivity contribution is -0.224. The summed E-state index contributed by atoms with van der Waals surface area (Å²) in [7, 11) is 4.77. The normalized spacial score (nSPS) is 28.1. The molecule has 0 radical (unpaired) electrons. The van der Waals surface area contributed by atoms with Crippen molar-refractivity contribution in [3.63, 3.8) is 0 Å². The average molecular weight is 566 g/mol. The van der Waals surface area contributed by atoms with Gasteiger partial charge in [-0.25, -0.2) is 0 Å². The number of aromatic hydroxyl groups is 1. The molecule has 1 aliphatic carbocycles. The first-order valence-electron chi connectivity index (χ1n) is 13.9. The minimum absolute atomic E-state index is 0.0373. The largest absolute Gasteiger partial charge is 0.508 e. The Labute approximate surface area is 240 Å². The van der Waals surface area contributed by atoms with E-state index in [9.17, 15) is 10.2 Å². The fourth-order valence-electron chi connectivity index (χ4n) is 6.33. The number of benzene rings is 3. The van der Waals surface area contributed by atoms with E-state index in [4.69, 9.17) is 34.2 Å². The van der Waals surface area contributed by atoms with Crippen molar-refractivity contribution in [2.24, 2.45) is 5.73 Å². The van der Waals surface area contributed by atoms with Gasteiger partial charge in [-0.05, 0) is 49.1 Å². The third kappa shape index (κ3) is 5.24. The Hall–Kier alpha value is -3.34. The van der Waals surface area contributed by atoms with E-state index >= 15 is 0 Å². The van der Waals surface area contributed by atoms with E-state index in [1.807, 2.05) is 42.5 Å². The maximum atomic E-state index is 12.2. The van der Waals surface area contributed by atoms with Crippen molar-refractivity contribution in [1.29, 1.82) is 0 Å². The summed E-state index contributed by atoms with van der Waals surface area (Å²) in [4.78, 5) is 0. The zero-order valence-electron chi connectivity index (χ0n) is 23.7. The smallest absolute Gasteiger partial charge is 0.180 e. The molecule has 5 unspecified atom stereocenters. The number of methoxy groups -OCH3 is 3. The molecule has 3 aromatic rings. The van der Waals surface area contributed by atoms with Gasteiger partial charge in [0.25, 0.3) is 0 Å². The fraction of sp³-hybridized carbons (Fsp3) is 0.438. The van der Waals surface area contributed by atoms with Gasteiger partial charge in [0.05, 0.1) is 39.1 Å². The Balaban J connectivity index is 0.000000259. The second kappa shape index (κ2) is 12.3. The number of nitrogens with two attached hydrogens (primary N) is 1. The molecule has 5 atom stereocenters. The molecule has 2 fully saturated rings. The van der Waals surface area contributed by atoms with E-state index in [0.717, 1.165) is 29.7 Å². The van der Waals surface area contributed by atoms with Crippen LogP contribution in [0.5, 0.6) is 23.0 Å². The Bertz CT molecular complexity index is 1300. The first kappa shape index (κ1) is 29.2. The predicted molar refractivity (Wildman–Crippen MR) is 152 cm³/mol. The molecule has 9 heteroatoms. The molecule has 2 aliphatic heterocycles. The van der Waals surface area contributed by atoms with Crippen LogP contribution in [-0.4, -0.2) is 63.7 Å². The van der Waals surface area contributed by atoms with Crippen molar-refractivity contribution >= 4 is 0 Å². The van der Waals surface area contributed by atoms with Crippen molar-refractivity contribution < 1.29 is 38.6 Å². The molecular formula is C32H39NO8. The van der Waals surface area contributed by atoms with Crippen molar-refractivity contribution in [2.75, 3.05) is 41.1 Å². The topological polar surface area (TPSA) is 122 Å². The van der Waals surface area contributed by atoms with E-state index in [2.05, 4.69) is 12.1 Å². The molecule has 41 heavy (non-hydrogen) atoms. The van der Waals surface area contributed by atoms with E-state index in [0.29, 0.717) is 43.2 Å². The fourth-order valence-corrected chi connectivity index (χ4v) is 6.33. The van der Waals surface area contributed by atoms with Gasteiger partial charge < -0.3 is 44.4 Å². The SMILES string of the molecule is COC1COC(CCN)CO1.COc1ccc(C23Oc4cc(O)cc(OC)c4C2(O)CCC3c2ccccc2)cc1. The molecule has 3 aromatic carbocycles.